The molecule has 1 aliphatic carbocycles. The molecule has 0 radical (unpaired) electrons. The quantitative estimate of drug-likeness (QED) is 0.0786. The van der Waals surface area contributed by atoms with Gasteiger partial charge in [0.1, 0.15) is 24.2 Å². The Morgan fingerprint density at radius 3 is 1.56 bits per heavy atom. The molecule has 0 spiro atoms. The molecule has 1 aliphatic rings. The molecule has 294 valence electrons. The fraction of sp³-hybridized carbons (Fsp3) is 0.525. The van der Waals surface area contributed by atoms with Gasteiger partial charge in [0.15, 0.2) is 0 Å². The maximum atomic E-state index is 13.4. The fourth-order valence-corrected chi connectivity index (χ4v) is 6.70. The minimum Gasteiger partial charge on any atom is -0.480 e. The summed E-state index contributed by atoms with van der Waals surface area (Å²) in [5.41, 5.74) is 12.5. The van der Waals surface area contributed by atoms with E-state index in [0.29, 0.717) is 43.6 Å². The van der Waals surface area contributed by atoms with Gasteiger partial charge in [0.25, 0.3) is 0 Å². The molecule has 4 atom stereocenters. The Morgan fingerprint density at radius 2 is 1.06 bits per heavy atom. The van der Waals surface area contributed by atoms with Gasteiger partial charge in [0.2, 0.25) is 35.4 Å². The van der Waals surface area contributed by atoms with E-state index in [1.807, 2.05) is 30.3 Å². The summed E-state index contributed by atoms with van der Waals surface area (Å²) in [5.74, 6) is -4.40. The van der Waals surface area contributed by atoms with Gasteiger partial charge in [0, 0.05) is 25.7 Å². The number of amides is 6. The predicted molar refractivity (Wildman–Crippen MR) is 202 cm³/mol. The lowest BCUT2D eigenvalue weighted by molar-refractivity contribution is -0.142. The molecule has 0 aliphatic heterocycles. The summed E-state index contributed by atoms with van der Waals surface area (Å²) in [6, 6.07) is 13.7. The third kappa shape index (κ3) is 16.6. The minimum atomic E-state index is -1.32. The first-order valence-electron chi connectivity index (χ1n) is 19.0. The summed E-state index contributed by atoms with van der Waals surface area (Å²) in [7, 11) is 0. The number of rotatable bonds is 24. The molecule has 9 N–H and O–H groups in total. The molecule has 0 aromatic heterocycles. The Morgan fingerprint density at radius 1 is 0.593 bits per heavy atom. The van der Waals surface area contributed by atoms with Gasteiger partial charge in [-0.05, 0) is 36.3 Å². The van der Waals surface area contributed by atoms with E-state index in [0.717, 1.165) is 44.1 Å². The van der Waals surface area contributed by atoms with Crippen LogP contribution in [0.2, 0.25) is 0 Å². The topological polar surface area (TPSA) is 240 Å². The number of hydrogen-bond donors (Lipinski definition) is 7. The number of unbranched alkanes of at least 4 members (excludes halogenated alkanes) is 4. The van der Waals surface area contributed by atoms with Gasteiger partial charge < -0.3 is 37.8 Å². The number of carbonyl (C=O) groups excluding carboxylic acids is 6. The number of aliphatic carboxylic acids is 1. The van der Waals surface area contributed by atoms with Crippen LogP contribution in [0.15, 0.2) is 60.7 Å². The van der Waals surface area contributed by atoms with Gasteiger partial charge in [-0.15, -0.1) is 0 Å². The molecule has 14 nitrogen and oxygen atoms in total. The second-order valence-corrected chi connectivity index (χ2v) is 14.2. The smallest absolute Gasteiger partial charge is 0.326 e. The Balaban J connectivity index is 1.41. The summed E-state index contributed by atoms with van der Waals surface area (Å²) < 4.78 is 0. The SMILES string of the molecule is NC(=O)C[C@H](NC(=O)CCCCCCCC(=O)N[C@@H](CC1CCCCC1)C(=O)N[C@@H](Cc1ccccc1)C(N)=O)C(=O)N[C@@H](Cc1ccccc1)C(=O)O. The molecule has 0 heterocycles. The Kier molecular flexibility index (Phi) is 18.7. The maximum absolute atomic E-state index is 13.4. The molecule has 14 heteroatoms. The third-order valence-electron chi connectivity index (χ3n) is 9.65. The number of carboxylic acids is 1. The molecule has 2 aromatic carbocycles. The maximum Gasteiger partial charge on any atom is 0.326 e. The largest absolute Gasteiger partial charge is 0.480 e. The summed E-state index contributed by atoms with van der Waals surface area (Å²) in [5, 5.41) is 20.2. The molecule has 0 unspecified atom stereocenters. The van der Waals surface area contributed by atoms with Crippen molar-refractivity contribution in [1.82, 2.24) is 21.3 Å². The highest BCUT2D eigenvalue weighted by Gasteiger charge is 2.30. The van der Waals surface area contributed by atoms with Crippen molar-refractivity contribution in [1.29, 1.82) is 0 Å². The van der Waals surface area contributed by atoms with E-state index in [9.17, 15) is 38.7 Å². The average Bonchev–Trinajstić information content (AvgIpc) is 3.14. The molecule has 1 fully saturated rings. The van der Waals surface area contributed by atoms with E-state index in [-0.39, 0.29) is 31.6 Å². The van der Waals surface area contributed by atoms with Crippen molar-refractivity contribution < 1.29 is 38.7 Å². The first kappa shape index (κ1) is 43.1. The molecule has 2 aromatic rings. The van der Waals surface area contributed by atoms with Crippen LogP contribution in [-0.2, 0) is 46.4 Å². The van der Waals surface area contributed by atoms with Crippen LogP contribution >= 0.6 is 0 Å². The number of carboxylic acid groups (broad SMARTS) is 1. The van der Waals surface area contributed by atoms with Gasteiger partial charge in [0.05, 0.1) is 6.42 Å². The fourth-order valence-electron chi connectivity index (χ4n) is 6.70. The lowest BCUT2D eigenvalue weighted by Gasteiger charge is -2.28. The second-order valence-electron chi connectivity index (χ2n) is 14.2. The molecule has 1 saturated carbocycles. The highest BCUT2D eigenvalue weighted by atomic mass is 16.4. The number of hydrogen-bond acceptors (Lipinski definition) is 7. The summed E-state index contributed by atoms with van der Waals surface area (Å²) in [6.45, 7) is 0. The average molecular weight is 749 g/mol. The van der Waals surface area contributed by atoms with Crippen molar-refractivity contribution in [2.75, 3.05) is 0 Å². The van der Waals surface area contributed by atoms with Gasteiger partial charge >= 0.3 is 5.97 Å². The molecular weight excluding hydrogens is 692 g/mol. The summed E-state index contributed by atoms with van der Waals surface area (Å²) >= 11 is 0. The zero-order chi connectivity index (χ0) is 39.3. The number of benzene rings is 2. The van der Waals surface area contributed by atoms with Crippen molar-refractivity contribution >= 4 is 41.4 Å². The van der Waals surface area contributed by atoms with Crippen LogP contribution in [-0.4, -0.2) is 70.7 Å². The molecule has 0 bridgehead atoms. The lowest BCUT2D eigenvalue weighted by atomic mass is 9.84. The summed E-state index contributed by atoms with van der Waals surface area (Å²) in [6.07, 6.45) is 9.02. The Bertz CT molecular complexity index is 1530. The Hall–Kier alpha value is -5.27. The number of carbonyl (C=O) groups is 7. The number of nitrogens with one attached hydrogen (secondary N) is 4. The van der Waals surface area contributed by atoms with Crippen LogP contribution in [0, 0.1) is 5.92 Å². The van der Waals surface area contributed by atoms with E-state index in [2.05, 4.69) is 21.3 Å². The molecule has 54 heavy (non-hydrogen) atoms. The van der Waals surface area contributed by atoms with E-state index in [1.165, 1.54) is 0 Å². The number of primary amides is 2. The standard InChI is InChI=1S/C40H56N6O8/c41-34(47)26-32(39(52)46-33(40(53)54)25-29-19-11-6-12-20-29)44-36(49)22-14-3-1-2-13-21-35(48)43-31(24-28-17-9-5-10-18-28)38(51)45-30(37(42)50)23-27-15-7-4-8-16-27/h4,6-8,11-12,15-16,19-20,28,30-33H,1-3,5,9-10,13-14,17-18,21-26H2,(H2,41,47)(H2,42,50)(H,43,48)(H,44,49)(H,45,51)(H,46,52)(H,53,54)/t30-,31-,32-,33-/m0/s1. The van der Waals surface area contributed by atoms with E-state index in [1.54, 1.807) is 30.3 Å². The monoisotopic (exact) mass is 748 g/mol. The van der Waals surface area contributed by atoms with Crippen molar-refractivity contribution in [2.45, 2.75) is 127 Å². The molecular formula is C40H56N6O8. The van der Waals surface area contributed by atoms with Crippen molar-refractivity contribution in [3.8, 4) is 0 Å². The molecule has 0 saturated heterocycles. The minimum absolute atomic E-state index is 0.0176. The van der Waals surface area contributed by atoms with Crippen LogP contribution in [0.5, 0.6) is 0 Å². The van der Waals surface area contributed by atoms with Crippen LogP contribution in [0.3, 0.4) is 0 Å². The predicted octanol–water partition coefficient (Wildman–Crippen LogP) is 2.56. The van der Waals surface area contributed by atoms with Crippen LogP contribution in [0.4, 0.5) is 0 Å². The van der Waals surface area contributed by atoms with E-state index < -0.39 is 66.1 Å². The normalized spacial score (nSPS) is 15.1. The third-order valence-corrected chi connectivity index (χ3v) is 9.65. The van der Waals surface area contributed by atoms with Gasteiger partial charge in [-0.3, -0.25) is 28.8 Å². The van der Waals surface area contributed by atoms with Gasteiger partial charge in [-0.2, -0.15) is 0 Å². The van der Waals surface area contributed by atoms with E-state index >= 15 is 0 Å². The van der Waals surface area contributed by atoms with Gasteiger partial charge in [-0.25, -0.2) is 4.79 Å². The van der Waals surface area contributed by atoms with E-state index in [4.69, 9.17) is 11.5 Å². The van der Waals surface area contributed by atoms with Crippen molar-refractivity contribution in [3.63, 3.8) is 0 Å². The second kappa shape index (κ2) is 23.4. The Labute approximate surface area is 317 Å². The highest BCUT2D eigenvalue weighted by molar-refractivity contribution is 5.94. The summed E-state index contributed by atoms with van der Waals surface area (Å²) in [4.78, 5) is 87.6. The van der Waals surface area contributed by atoms with Crippen LogP contribution < -0.4 is 32.7 Å². The lowest BCUT2D eigenvalue weighted by Crippen LogP contribution is -2.54. The zero-order valence-electron chi connectivity index (χ0n) is 30.9. The van der Waals surface area contributed by atoms with Crippen molar-refractivity contribution in [2.24, 2.45) is 17.4 Å². The van der Waals surface area contributed by atoms with Gasteiger partial charge in [-0.1, -0.05) is 112 Å². The molecule has 3 rings (SSSR count). The van der Waals surface area contributed by atoms with Crippen molar-refractivity contribution in [3.05, 3.63) is 71.8 Å². The van der Waals surface area contributed by atoms with Crippen LogP contribution in [0.1, 0.15) is 101 Å². The zero-order valence-corrected chi connectivity index (χ0v) is 30.9. The first-order chi connectivity index (χ1) is 25.9. The number of nitrogens with two attached hydrogens (primary N) is 2. The highest BCUT2D eigenvalue weighted by Crippen LogP contribution is 2.27. The first-order valence-corrected chi connectivity index (χ1v) is 19.0. The van der Waals surface area contributed by atoms with Crippen LogP contribution in [0.25, 0.3) is 0 Å². The molecule has 6 amide bonds.